The standard InChI is InChI=1S/C20H38O2Si2/c1-7-23(8-2,9-3)21-18-20(19-16-14-13-15-17-19)22-24(10-4,11-5)12-6/h13-17,20H,7-12,18H2,1-6H3. The summed E-state index contributed by atoms with van der Waals surface area (Å²) in [7, 11) is -3.24. The number of hydrogen-bond donors (Lipinski definition) is 0. The molecule has 0 spiro atoms. The zero-order valence-electron chi connectivity index (χ0n) is 16.7. The number of benzene rings is 1. The monoisotopic (exact) mass is 366 g/mol. The van der Waals surface area contributed by atoms with Gasteiger partial charge in [0.05, 0.1) is 12.7 Å². The van der Waals surface area contributed by atoms with Crippen molar-refractivity contribution in [3.05, 3.63) is 35.9 Å². The van der Waals surface area contributed by atoms with E-state index in [0.29, 0.717) is 0 Å². The first kappa shape index (κ1) is 21.6. The maximum Gasteiger partial charge on any atom is 0.193 e. The molecular weight excluding hydrogens is 328 g/mol. The van der Waals surface area contributed by atoms with Gasteiger partial charge in [0.1, 0.15) is 0 Å². The van der Waals surface area contributed by atoms with Gasteiger partial charge < -0.3 is 8.85 Å². The Balaban J connectivity index is 2.99. The fraction of sp³-hybridized carbons (Fsp3) is 0.700. The normalized spacial score (nSPS) is 13.9. The third-order valence-electron chi connectivity index (χ3n) is 5.97. The molecule has 0 aromatic heterocycles. The van der Waals surface area contributed by atoms with Gasteiger partial charge in [-0.05, 0) is 41.8 Å². The third kappa shape index (κ3) is 5.55. The fourth-order valence-corrected chi connectivity index (χ4v) is 8.90. The molecule has 24 heavy (non-hydrogen) atoms. The van der Waals surface area contributed by atoms with Crippen LogP contribution in [-0.2, 0) is 8.85 Å². The van der Waals surface area contributed by atoms with Crippen molar-refractivity contribution in [3.8, 4) is 0 Å². The van der Waals surface area contributed by atoms with Crippen molar-refractivity contribution < 1.29 is 8.85 Å². The quantitative estimate of drug-likeness (QED) is 0.380. The fourth-order valence-electron chi connectivity index (χ4n) is 3.48. The average Bonchev–Trinajstić information content (AvgIpc) is 2.67. The summed E-state index contributed by atoms with van der Waals surface area (Å²) >= 11 is 0. The molecule has 2 nitrogen and oxygen atoms in total. The molecule has 4 heteroatoms. The van der Waals surface area contributed by atoms with Crippen LogP contribution in [0.2, 0.25) is 36.3 Å². The van der Waals surface area contributed by atoms with Crippen LogP contribution in [0.25, 0.3) is 0 Å². The highest BCUT2D eigenvalue weighted by molar-refractivity contribution is 6.74. The molecule has 0 saturated heterocycles. The minimum atomic E-state index is -1.65. The van der Waals surface area contributed by atoms with Crippen LogP contribution in [0.3, 0.4) is 0 Å². The van der Waals surface area contributed by atoms with Gasteiger partial charge in [-0.15, -0.1) is 0 Å². The summed E-state index contributed by atoms with van der Waals surface area (Å²) in [6, 6.07) is 17.8. The van der Waals surface area contributed by atoms with Gasteiger partial charge in [-0.3, -0.25) is 0 Å². The average molecular weight is 367 g/mol. The lowest BCUT2D eigenvalue weighted by Crippen LogP contribution is -2.41. The van der Waals surface area contributed by atoms with E-state index in [-0.39, 0.29) is 6.10 Å². The molecule has 0 N–H and O–H groups in total. The van der Waals surface area contributed by atoms with Crippen LogP contribution in [0.15, 0.2) is 30.3 Å². The van der Waals surface area contributed by atoms with Crippen LogP contribution in [0.1, 0.15) is 53.2 Å². The second-order valence-corrected chi connectivity index (χ2v) is 16.3. The van der Waals surface area contributed by atoms with E-state index in [1.165, 1.54) is 41.8 Å². The summed E-state index contributed by atoms with van der Waals surface area (Å²) in [4.78, 5) is 0. The molecule has 1 aromatic rings. The molecule has 0 amide bonds. The van der Waals surface area contributed by atoms with Crippen molar-refractivity contribution in [2.24, 2.45) is 0 Å². The van der Waals surface area contributed by atoms with Crippen molar-refractivity contribution in [2.45, 2.75) is 83.9 Å². The SMILES string of the molecule is CC[Si](CC)(CC)OCC(O[Si](CC)(CC)CC)c1ccccc1. The molecule has 0 aliphatic rings. The Hall–Kier alpha value is -0.426. The summed E-state index contributed by atoms with van der Waals surface area (Å²) in [5.74, 6) is 0. The van der Waals surface area contributed by atoms with Gasteiger partial charge in [-0.2, -0.15) is 0 Å². The predicted molar refractivity (Wildman–Crippen MR) is 111 cm³/mol. The Kier molecular flexibility index (Phi) is 9.49. The van der Waals surface area contributed by atoms with Gasteiger partial charge in [-0.25, -0.2) is 0 Å². The van der Waals surface area contributed by atoms with E-state index in [9.17, 15) is 0 Å². The van der Waals surface area contributed by atoms with Crippen molar-refractivity contribution in [1.29, 1.82) is 0 Å². The zero-order chi connectivity index (χ0) is 18.1. The van der Waals surface area contributed by atoms with Crippen LogP contribution in [0.5, 0.6) is 0 Å². The smallest absolute Gasteiger partial charge is 0.193 e. The summed E-state index contributed by atoms with van der Waals surface area (Å²) in [6.07, 6.45) is 0.0919. The molecular formula is C20H38O2Si2. The molecule has 0 radical (unpaired) electrons. The van der Waals surface area contributed by atoms with Gasteiger partial charge >= 0.3 is 0 Å². The zero-order valence-corrected chi connectivity index (χ0v) is 18.7. The summed E-state index contributed by atoms with van der Waals surface area (Å²) in [6.45, 7) is 14.5. The van der Waals surface area contributed by atoms with Crippen LogP contribution in [0, 0.1) is 0 Å². The molecule has 0 heterocycles. The Morgan fingerprint density at radius 3 is 1.58 bits per heavy atom. The van der Waals surface area contributed by atoms with Crippen molar-refractivity contribution in [3.63, 3.8) is 0 Å². The third-order valence-corrected chi connectivity index (χ3v) is 15.3. The first-order valence-electron chi connectivity index (χ1n) is 9.90. The van der Waals surface area contributed by atoms with Gasteiger partial charge in [-0.1, -0.05) is 71.9 Å². The van der Waals surface area contributed by atoms with Gasteiger partial charge in [0.2, 0.25) is 0 Å². The Morgan fingerprint density at radius 2 is 1.17 bits per heavy atom. The van der Waals surface area contributed by atoms with Crippen LogP contribution < -0.4 is 0 Å². The summed E-state index contributed by atoms with van der Waals surface area (Å²) < 4.78 is 13.4. The maximum atomic E-state index is 6.84. The van der Waals surface area contributed by atoms with E-state index in [1.807, 2.05) is 0 Å². The van der Waals surface area contributed by atoms with Crippen molar-refractivity contribution >= 4 is 16.6 Å². The molecule has 0 aliphatic carbocycles. The van der Waals surface area contributed by atoms with Gasteiger partial charge in [0.25, 0.3) is 0 Å². The van der Waals surface area contributed by atoms with E-state index >= 15 is 0 Å². The molecule has 1 atom stereocenters. The van der Waals surface area contributed by atoms with Crippen molar-refractivity contribution in [2.75, 3.05) is 6.61 Å². The number of hydrogen-bond acceptors (Lipinski definition) is 2. The van der Waals surface area contributed by atoms with Crippen LogP contribution >= 0.6 is 0 Å². The molecule has 0 aliphatic heterocycles. The van der Waals surface area contributed by atoms with E-state index in [0.717, 1.165) is 6.61 Å². The van der Waals surface area contributed by atoms with Crippen LogP contribution in [-0.4, -0.2) is 23.2 Å². The number of rotatable bonds is 12. The van der Waals surface area contributed by atoms with Crippen LogP contribution in [0.4, 0.5) is 0 Å². The first-order chi connectivity index (χ1) is 11.5. The van der Waals surface area contributed by atoms with E-state index in [1.54, 1.807) is 0 Å². The van der Waals surface area contributed by atoms with E-state index in [2.05, 4.69) is 71.9 Å². The van der Waals surface area contributed by atoms with E-state index < -0.39 is 16.6 Å². The van der Waals surface area contributed by atoms with Gasteiger partial charge in [0, 0.05) is 0 Å². The lowest BCUT2D eigenvalue weighted by Gasteiger charge is -2.36. The summed E-state index contributed by atoms with van der Waals surface area (Å²) in [5, 5.41) is 0. The molecule has 138 valence electrons. The largest absolute Gasteiger partial charge is 0.414 e. The van der Waals surface area contributed by atoms with E-state index in [4.69, 9.17) is 8.85 Å². The maximum absolute atomic E-state index is 6.84. The highest BCUT2D eigenvalue weighted by Crippen LogP contribution is 2.32. The molecule has 1 rings (SSSR count). The minimum absolute atomic E-state index is 0.0919. The second kappa shape index (κ2) is 10.5. The second-order valence-electron chi connectivity index (χ2n) is 6.82. The Labute approximate surface area is 152 Å². The Bertz CT molecular complexity index is 426. The lowest BCUT2D eigenvalue weighted by molar-refractivity contribution is 0.112. The predicted octanol–water partition coefficient (Wildman–Crippen LogP) is 6.77. The molecule has 0 bridgehead atoms. The summed E-state index contributed by atoms with van der Waals surface area (Å²) in [5.41, 5.74) is 1.27. The topological polar surface area (TPSA) is 18.5 Å². The highest BCUT2D eigenvalue weighted by Gasteiger charge is 2.35. The molecule has 0 saturated carbocycles. The molecule has 1 unspecified atom stereocenters. The minimum Gasteiger partial charge on any atom is -0.414 e. The lowest BCUT2D eigenvalue weighted by atomic mass is 10.1. The van der Waals surface area contributed by atoms with Crippen molar-refractivity contribution in [1.82, 2.24) is 0 Å². The highest BCUT2D eigenvalue weighted by atomic mass is 28.4. The Morgan fingerprint density at radius 1 is 0.708 bits per heavy atom. The first-order valence-corrected chi connectivity index (χ1v) is 15.0. The molecule has 1 aromatic carbocycles. The molecule has 0 fully saturated rings. The van der Waals surface area contributed by atoms with Gasteiger partial charge in [0.15, 0.2) is 16.6 Å².